The number of nitrogens with zero attached hydrogens (tertiary/aromatic N) is 1. The summed E-state index contributed by atoms with van der Waals surface area (Å²) in [6.07, 6.45) is 4.42. The average molecular weight is 282 g/mol. The number of ether oxygens (including phenoxy) is 1. The molecule has 110 valence electrons. The Labute approximate surface area is 126 Å². The Morgan fingerprint density at radius 2 is 1.90 bits per heavy atom. The zero-order valence-corrected chi connectivity index (χ0v) is 12.9. The van der Waals surface area contributed by atoms with Crippen LogP contribution in [0.5, 0.6) is 11.6 Å². The van der Waals surface area contributed by atoms with Crippen molar-refractivity contribution in [2.45, 2.75) is 46.2 Å². The standard InChI is InChI=1S/C18H22N2O/c1-12-4-5-13(2)18(14(12)3)21-17-10-15(8-9-19-17)11-20-16-6-7-16/h4-5,8-10,16,20H,6-7,11H2,1-3H3. The maximum atomic E-state index is 6.04. The van der Waals surface area contributed by atoms with Crippen molar-refractivity contribution in [3.8, 4) is 11.6 Å². The Balaban J connectivity index is 1.78. The van der Waals surface area contributed by atoms with E-state index in [2.05, 4.69) is 43.2 Å². The maximum Gasteiger partial charge on any atom is 0.219 e. The molecule has 1 aromatic heterocycles. The van der Waals surface area contributed by atoms with Crippen molar-refractivity contribution in [3.05, 3.63) is 52.7 Å². The van der Waals surface area contributed by atoms with E-state index in [0.29, 0.717) is 11.9 Å². The van der Waals surface area contributed by atoms with Crippen molar-refractivity contribution in [2.24, 2.45) is 0 Å². The third kappa shape index (κ3) is 3.42. The number of hydrogen-bond donors (Lipinski definition) is 1. The molecule has 0 spiro atoms. The number of rotatable bonds is 5. The quantitative estimate of drug-likeness (QED) is 0.898. The van der Waals surface area contributed by atoms with E-state index in [1.165, 1.54) is 29.5 Å². The third-order valence-electron chi connectivity index (χ3n) is 4.05. The summed E-state index contributed by atoms with van der Waals surface area (Å²) in [7, 11) is 0. The minimum absolute atomic E-state index is 0.668. The summed E-state index contributed by atoms with van der Waals surface area (Å²) >= 11 is 0. The molecule has 1 aliphatic carbocycles. The summed E-state index contributed by atoms with van der Waals surface area (Å²) < 4.78 is 6.04. The highest BCUT2D eigenvalue weighted by atomic mass is 16.5. The minimum Gasteiger partial charge on any atom is -0.438 e. The van der Waals surface area contributed by atoms with Gasteiger partial charge in [0.25, 0.3) is 0 Å². The monoisotopic (exact) mass is 282 g/mol. The Morgan fingerprint density at radius 1 is 1.14 bits per heavy atom. The van der Waals surface area contributed by atoms with Crippen LogP contribution in [0.25, 0.3) is 0 Å². The highest BCUT2D eigenvalue weighted by Crippen LogP contribution is 2.30. The number of nitrogens with one attached hydrogen (secondary N) is 1. The van der Waals surface area contributed by atoms with Gasteiger partial charge in [-0.3, -0.25) is 0 Å². The van der Waals surface area contributed by atoms with Crippen molar-refractivity contribution < 1.29 is 4.74 Å². The molecular formula is C18H22N2O. The lowest BCUT2D eigenvalue weighted by Gasteiger charge is -2.13. The van der Waals surface area contributed by atoms with Gasteiger partial charge in [0.2, 0.25) is 5.88 Å². The summed E-state index contributed by atoms with van der Waals surface area (Å²) in [4.78, 5) is 4.34. The number of aromatic nitrogens is 1. The lowest BCUT2D eigenvalue weighted by molar-refractivity contribution is 0.454. The van der Waals surface area contributed by atoms with E-state index >= 15 is 0 Å². The molecule has 1 heterocycles. The second-order valence-electron chi connectivity index (χ2n) is 5.91. The van der Waals surface area contributed by atoms with E-state index in [4.69, 9.17) is 4.74 Å². The van der Waals surface area contributed by atoms with Crippen molar-refractivity contribution in [1.82, 2.24) is 10.3 Å². The number of pyridine rings is 1. The van der Waals surface area contributed by atoms with E-state index in [-0.39, 0.29) is 0 Å². The molecule has 3 heteroatoms. The summed E-state index contributed by atoms with van der Waals surface area (Å²) in [5.41, 5.74) is 4.77. The molecule has 0 atom stereocenters. The molecule has 21 heavy (non-hydrogen) atoms. The van der Waals surface area contributed by atoms with Gasteiger partial charge in [0.15, 0.2) is 0 Å². The van der Waals surface area contributed by atoms with Crippen molar-refractivity contribution in [3.63, 3.8) is 0 Å². The van der Waals surface area contributed by atoms with E-state index < -0.39 is 0 Å². The summed E-state index contributed by atoms with van der Waals surface area (Å²) in [6, 6.07) is 9.00. The molecule has 0 radical (unpaired) electrons. The van der Waals surface area contributed by atoms with Crippen LogP contribution in [-0.2, 0) is 6.54 Å². The Bertz CT molecular complexity index is 648. The van der Waals surface area contributed by atoms with Gasteiger partial charge in [0, 0.05) is 24.8 Å². The van der Waals surface area contributed by atoms with Gasteiger partial charge < -0.3 is 10.1 Å². The molecule has 1 fully saturated rings. The predicted octanol–water partition coefficient (Wildman–Crippen LogP) is 4.05. The van der Waals surface area contributed by atoms with E-state index in [9.17, 15) is 0 Å². The van der Waals surface area contributed by atoms with Crippen LogP contribution in [0.4, 0.5) is 0 Å². The minimum atomic E-state index is 0.668. The van der Waals surface area contributed by atoms with Gasteiger partial charge in [-0.15, -0.1) is 0 Å². The smallest absolute Gasteiger partial charge is 0.219 e. The van der Waals surface area contributed by atoms with Gasteiger partial charge >= 0.3 is 0 Å². The molecule has 1 aromatic carbocycles. The molecule has 0 unspecified atom stereocenters. The summed E-state index contributed by atoms with van der Waals surface area (Å²) in [5.74, 6) is 1.59. The normalized spacial score (nSPS) is 14.2. The largest absolute Gasteiger partial charge is 0.438 e. The fourth-order valence-electron chi connectivity index (χ4n) is 2.35. The molecule has 2 aromatic rings. The molecule has 0 saturated heterocycles. The molecule has 3 nitrogen and oxygen atoms in total. The Kier molecular flexibility index (Phi) is 3.93. The fraction of sp³-hybridized carbons (Fsp3) is 0.389. The number of hydrogen-bond acceptors (Lipinski definition) is 3. The van der Waals surface area contributed by atoms with Crippen LogP contribution in [0, 0.1) is 20.8 Å². The first-order valence-corrected chi connectivity index (χ1v) is 7.56. The Hall–Kier alpha value is -1.87. The lowest BCUT2D eigenvalue weighted by Crippen LogP contribution is -2.15. The zero-order chi connectivity index (χ0) is 14.8. The summed E-state index contributed by atoms with van der Waals surface area (Å²) in [6.45, 7) is 7.15. The van der Waals surface area contributed by atoms with Gasteiger partial charge in [-0.05, 0) is 61.9 Å². The van der Waals surface area contributed by atoms with Crippen LogP contribution in [0.3, 0.4) is 0 Å². The van der Waals surface area contributed by atoms with E-state index in [0.717, 1.165) is 17.9 Å². The SMILES string of the molecule is Cc1ccc(C)c(Oc2cc(CNC3CC3)ccn2)c1C. The highest BCUT2D eigenvalue weighted by molar-refractivity contribution is 5.46. The van der Waals surface area contributed by atoms with Crippen molar-refractivity contribution in [2.75, 3.05) is 0 Å². The first-order chi connectivity index (χ1) is 10.1. The molecule has 0 aliphatic heterocycles. The molecule has 1 saturated carbocycles. The fourth-order valence-corrected chi connectivity index (χ4v) is 2.35. The topological polar surface area (TPSA) is 34.1 Å². The molecule has 1 aliphatic rings. The molecule has 0 bridgehead atoms. The summed E-state index contributed by atoms with van der Waals surface area (Å²) in [5, 5.41) is 3.51. The zero-order valence-electron chi connectivity index (χ0n) is 12.9. The van der Waals surface area contributed by atoms with E-state index in [1.807, 2.05) is 18.3 Å². The first-order valence-electron chi connectivity index (χ1n) is 7.56. The second kappa shape index (κ2) is 5.86. The molecule has 1 N–H and O–H groups in total. The second-order valence-corrected chi connectivity index (χ2v) is 5.91. The van der Waals surface area contributed by atoms with Crippen LogP contribution in [0.15, 0.2) is 30.5 Å². The third-order valence-corrected chi connectivity index (χ3v) is 4.05. The van der Waals surface area contributed by atoms with Gasteiger partial charge in [-0.25, -0.2) is 4.98 Å². The molecular weight excluding hydrogens is 260 g/mol. The lowest BCUT2D eigenvalue weighted by atomic mass is 10.1. The van der Waals surface area contributed by atoms with Crippen LogP contribution in [0.2, 0.25) is 0 Å². The van der Waals surface area contributed by atoms with Gasteiger partial charge in [-0.1, -0.05) is 12.1 Å². The van der Waals surface area contributed by atoms with Crippen LogP contribution < -0.4 is 10.1 Å². The average Bonchev–Trinajstić information content (AvgIpc) is 3.30. The number of benzene rings is 1. The highest BCUT2D eigenvalue weighted by Gasteiger charge is 2.20. The van der Waals surface area contributed by atoms with Gasteiger partial charge in [0.1, 0.15) is 5.75 Å². The van der Waals surface area contributed by atoms with Crippen molar-refractivity contribution in [1.29, 1.82) is 0 Å². The van der Waals surface area contributed by atoms with Crippen LogP contribution in [0.1, 0.15) is 35.1 Å². The van der Waals surface area contributed by atoms with Crippen molar-refractivity contribution >= 4 is 0 Å². The predicted molar refractivity (Wildman–Crippen MR) is 84.8 cm³/mol. The molecule has 3 rings (SSSR count). The van der Waals surface area contributed by atoms with Gasteiger partial charge in [0.05, 0.1) is 0 Å². The molecule has 0 amide bonds. The maximum absolute atomic E-state index is 6.04. The van der Waals surface area contributed by atoms with E-state index in [1.54, 1.807) is 0 Å². The number of aryl methyl sites for hydroxylation is 2. The first kappa shape index (κ1) is 14.1. The van der Waals surface area contributed by atoms with Gasteiger partial charge in [-0.2, -0.15) is 0 Å². The van der Waals surface area contributed by atoms with Crippen LogP contribution >= 0.6 is 0 Å². The van der Waals surface area contributed by atoms with Crippen LogP contribution in [-0.4, -0.2) is 11.0 Å². The Morgan fingerprint density at radius 3 is 2.67 bits per heavy atom.